The van der Waals surface area contributed by atoms with Gasteiger partial charge in [-0.3, -0.25) is 9.97 Å². The zero-order valence-corrected chi connectivity index (χ0v) is 24.3. The second-order valence-electron chi connectivity index (χ2n) is 9.81. The fraction of sp³-hybridized carbons (Fsp3) is 0.139. The third-order valence-corrected chi connectivity index (χ3v) is 6.71. The minimum Gasteiger partial charge on any atom is -0.478 e. The number of carboxylic acids is 1. The highest BCUT2D eigenvalue weighted by molar-refractivity contribution is 5.91. The van der Waals surface area contributed by atoms with E-state index >= 15 is 0 Å². The lowest BCUT2D eigenvalue weighted by molar-refractivity contribution is 0.0694. The van der Waals surface area contributed by atoms with Gasteiger partial charge in [-0.05, 0) is 72.5 Å². The van der Waals surface area contributed by atoms with Gasteiger partial charge in [0.1, 0.15) is 17.6 Å². The van der Waals surface area contributed by atoms with Crippen molar-refractivity contribution in [3.8, 4) is 34.3 Å². The summed E-state index contributed by atoms with van der Waals surface area (Å²) in [5.41, 5.74) is 6.41. The number of aromatic carboxylic acids is 1. The lowest BCUT2D eigenvalue weighted by Crippen LogP contribution is -2.08. The van der Waals surface area contributed by atoms with Crippen LogP contribution >= 0.6 is 0 Å². The number of nitriles is 1. The van der Waals surface area contributed by atoms with Crippen LogP contribution in [0.1, 0.15) is 57.7 Å². The van der Waals surface area contributed by atoms with E-state index in [2.05, 4.69) is 29.9 Å². The van der Waals surface area contributed by atoms with Crippen LogP contribution in [0, 0.1) is 17.1 Å². The zero-order chi connectivity index (χ0) is 31.5. The average molecular weight is 588 g/mol. The van der Waals surface area contributed by atoms with E-state index in [1.54, 1.807) is 54.6 Å². The number of aromatic nitrogens is 2. The molecule has 0 aliphatic carbocycles. The molecule has 2 heterocycles. The number of ether oxygens (including phenoxy) is 1. The van der Waals surface area contributed by atoms with Gasteiger partial charge in [-0.15, -0.1) is 0 Å². The van der Waals surface area contributed by atoms with E-state index in [-0.39, 0.29) is 11.3 Å². The van der Waals surface area contributed by atoms with E-state index in [1.807, 2.05) is 30.6 Å². The highest BCUT2D eigenvalue weighted by atomic mass is 19.1. The molecule has 3 aromatic carbocycles. The van der Waals surface area contributed by atoms with Crippen molar-refractivity contribution in [2.24, 2.45) is 0 Å². The van der Waals surface area contributed by atoms with Gasteiger partial charge in [-0.25, -0.2) is 14.0 Å². The number of carbonyl (C=O) groups is 2. The number of hydrogen-bond acceptors (Lipinski definition) is 6. The Hall–Kier alpha value is -5.68. The first-order valence-electron chi connectivity index (χ1n) is 14.1. The molecule has 0 aliphatic rings. The van der Waals surface area contributed by atoms with Crippen molar-refractivity contribution in [1.29, 1.82) is 5.26 Å². The van der Waals surface area contributed by atoms with Crippen molar-refractivity contribution in [2.75, 3.05) is 0 Å². The highest BCUT2D eigenvalue weighted by Crippen LogP contribution is 2.21. The molecule has 8 heteroatoms. The van der Waals surface area contributed by atoms with Gasteiger partial charge in [0.15, 0.2) is 0 Å². The molecule has 220 valence electrons. The Morgan fingerprint density at radius 1 is 0.795 bits per heavy atom. The number of aryl methyl sites for hydroxylation is 2. The van der Waals surface area contributed by atoms with E-state index in [0.29, 0.717) is 11.1 Å². The molecule has 5 aromatic rings. The van der Waals surface area contributed by atoms with Crippen molar-refractivity contribution < 1.29 is 23.8 Å². The summed E-state index contributed by atoms with van der Waals surface area (Å²) in [6.07, 6.45) is 6.77. The average Bonchev–Trinajstić information content (AvgIpc) is 3.06. The maximum Gasteiger partial charge on any atom is 0.343 e. The Balaban J connectivity index is 0.000000215. The molecule has 0 amide bonds. The number of hydrogen-bond donors (Lipinski definition) is 1. The van der Waals surface area contributed by atoms with E-state index in [1.165, 1.54) is 17.7 Å². The van der Waals surface area contributed by atoms with Crippen LogP contribution in [0.3, 0.4) is 0 Å². The predicted molar refractivity (Wildman–Crippen MR) is 166 cm³/mol. The number of esters is 1. The number of halogens is 1. The van der Waals surface area contributed by atoms with Gasteiger partial charge in [0.2, 0.25) is 0 Å². The van der Waals surface area contributed by atoms with Gasteiger partial charge in [0, 0.05) is 29.6 Å². The second-order valence-corrected chi connectivity index (χ2v) is 9.81. The lowest BCUT2D eigenvalue weighted by Gasteiger charge is -2.06. The van der Waals surface area contributed by atoms with E-state index < -0.39 is 17.8 Å². The van der Waals surface area contributed by atoms with Gasteiger partial charge in [-0.2, -0.15) is 5.26 Å². The van der Waals surface area contributed by atoms with Gasteiger partial charge < -0.3 is 9.84 Å². The number of carboxylic acid groups (broad SMARTS) is 1. The molecule has 0 unspecified atom stereocenters. The van der Waals surface area contributed by atoms with E-state index in [0.717, 1.165) is 53.4 Å². The summed E-state index contributed by atoms with van der Waals surface area (Å²) >= 11 is 0. The summed E-state index contributed by atoms with van der Waals surface area (Å²) in [4.78, 5) is 31.7. The van der Waals surface area contributed by atoms with Crippen molar-refractivity contribution in [2.45, 2.75) is 33.1 Å². The fourth-order valence-electron chi connectivity index (χ4n) is 4.21. The topological polar surface area (TPSA) is 113 Å². The van der Waals surface area contributed by atoms with Crippen LogP contribution in [-0.2, 0) is 12.8 Å². The quantitative estimate of drug-likeness (QED) is 0.145. The van der Waals surface area contributed by atoms with E-state index in [4.69, 9.17) is 15.1 Å². The molecule has 0 aliphatic heterocycles. The third-order valence-electron chi connectivity index (χ3n) is 6.71. The molecule has 0 radical (unpaired) electrons. The van der Waals surface area contributed by atoms with Crippen LogP contribution in [0.25, 0.3) is 22.5 Å². The lowest BCUT2D eigenvalue weighted by atomic mass is 10.1. The number of carbonyl (C=O) groups excluding carboxylic acids is 1. The Labute approximate surface area is 255 Å². The molecule has 44 heavy (non-hydrogen) atoms. The first-order chi connectivity index (χ1) is 21.3. The van der Waals surface area contributed by atoms with Crippen LogP contribution < -0.4 is 4.74 Å². The summed E-state index contributed by atoms with van der Waals surface area (Å²) in [5.74, 6) is -2.19. The smallest absolute Gasteiger partial charge is 0.343 e. The second kappa shape index (κ2) is 15.0. The van der Waals surface area contributed by atoms with Crippen molar-refractivity contribution in [3.63, 3.8) is 0 Å². The number of nitrogens with zero attached hydrogens (tertiary/aromatic N) is 3. The first kappa shape index (κ1) is 31.3. The predicted octanol–water partition coefficient (Wildman–Crippen LogP) is 7.94. The molecule has 0 spiro atoms. The first-order valence-corrected chi connectivity index (χ1v) is 14.1. The Morgan fingerprint density at radius 2 is 1.36 bits per heavy atom. The molecule has 0 atom stereocenters. The summed E-state index contributed by atoms with van der Waals surface area (Å²) in [5, 5.41) is 17.5. The molecule has 7 nitrogen and oxygen atoms in total. The third kappa shape index (κ3) is 8.20. The maximum absolute atomic E-state index is 13.6. The largest absolute Gasteiger partial charge is 0.478 e. The van der Waals surface area contributed by atoms with Crippen LogP contribution in [0.15, 0.2) is 103 Å². The normalized spacial score (nSPS) is 10.2. The SMILES string of the molecule is CCCc1ccc(-c2ccc(C(=O)O)cc2)nc1.CCc1ccc(-c2ccc(C(=O)Oc3ccc(C#N)c(F)c3)cc2)nc1. The van der Waals surface area contributed by atoms with Crippen LogP contribution in [-0.4, -0.2) is 27.0 Å². The summed E-state index contributed by atoms with van der Waals surface area (Å²) < 4.78 is 18.7. The molecule has 0 fully saturated rings. The molecule has 0 saturated carbocycles. The minimum atomic E-state index is -0.909. The monoisotopic (exact) mass is 587 g/mol. The van der Waals surface area contributed by atoms with Crippen LogP contribution in [0.4, 0.5) is 4.39 Å². The van der Waals surface area contributed by atoms with Gasteiger partial charge in [0.25, 0.3) is 0 Å². The molecular formula is C36H30FN3O4. The zero-order valence-electron chi connectivity index (χ0n) is 24.3. The summed E-state index contributed by atoms with van der Waals surface area (Å²) in [7, 11) is 0. The van der Waals surface area contributed by atoms with Gasteiger partial charge >= 0.3 is 11.9 Å². The minimum absolute atomic E-state index is 0.0485. The highest BCUT2D eigenvalue weighted by Gasteiger charge is 2.11. The van der Waals surface area contributed by atoms with Gasteiger partial charge in [-0.1, -0.05) is 56.7 Å². The van der Waals surface area contributed by atoms with Crippen molar-refractivity contribution in [3.05, 3.63) is 137 Å². The molecule has 2 aromatic heterocycles. The number of pyridine rings is 2. The molecule has 0 bridgehead atoms. The molecular weight excluding hydrogens is 557 g/mol. The fourth-order valence-corrected chi connectivity index (χ4v) is 4.21. The van der Waals surface area contributed by atoms with Crippen molar-refractivity contribution in [1.82, 2.24) is 9.97 Å². The molecule has 1 N–H and O–H groups in total. The van der Waals surface area contributed by atoms with Crippen LogP contribution in [0.5, 0.6) is 5.75 Å². The van der Waals surface area contributed by atoms with E-state index in [9.17, 15) is 14.0 Å². The Morgan fingerprint density at radius 3 is 1.82 bits per heavy atom. The summed E-state index contributed by atoms with van der Waals surface area (Å²) in [6.45, 7) is 4.20. The van der Waals surface area contributed by atoms with Crippen molar-refractivity contribution >= 4 is 11.9 Å². The molecule has 0 saturated heterocycles. The number of benzene rings is 3. The maximum atomic E-state index is 13.6. The number of rotatable bonds is 8. The van der Waals surface area contributed by atoms with Crippen LogP contribution in [0.2, 0.25) is 0 Å². The Bertz CT molecular complexity index is 1760. The standard InChI is InChI=1S/C21H15FN2O2.C15H15NO2/c1-2-14-3-10-20(24-13-14)15-4-6-16(7-5-15)21(25)26-18-9-8-17(12-23)19(22)11-18;1-2-3-11-4-9-14(16-10-11)12-5-7-13(8-6-12)15(17)18/h3-11,13H,2H2,1H3;4-10H,2-3H2,1H3,(H,17,18). The Kier molecular flexibility index (Phi) is 10.6. The van der Waals surface area contributed by atoms with Gasteiger partial charge in [0.05, 0.1) is 28.1 Å². The summed E-state index contributed by atoms with van der Waals surface area (Å²) in [6, 6.07) is 27.0. The molecule has 5 rings (SSSR count).